The van der Waals surface area contributed by atoms with Gasteiger partial charge in [-0.05, 0) is 24.5 Å². The summed E-state index contributed by atoms with van der Waals surface area (Å²) in [5.41, 5.74) is 2.10. The van der Waals surface area contributed by atoms with Crippen molar-refractivity contribution in [2.75, 3.05) is 0 Å². The van der Waals surface area contributed by atoms with Crippen LogP contribution in [0.25, 0.3) is 10.9 Å². The smallest absolute Gasteiger partial charge is 0.117 e. The Morgan fingerprint density at radius 1 is 1.24 bits per heavy atom. The maximum absolute atomic E-state index is 9.41. The number of rotatable bonds is 2. The van der Waals surface area contributed by atoms with E-state index in [1.54, 1.807) is 12.1 Å². The van der Waals surface area contributed by atoms with Crippen molar-refractivity contribution in [2.24, 2.45) is 5.92 Å². The molecule has 1 saturated carbocycles. The molecule has 17 heavy (non-hydrogen) atoms. The SMILES string of the molecule is Oc1ccc2c(CC3CCCCC3)[nH]nc2c1. The van der Waals surface area contributed by atoms with Gasteiger partial charge in [-0.3, -0.25) is 5.10 Å². The van der Waals surface area contributed by atoms with Crippen molar-refractivity contribution in [3.63, 3.8) is 0 Å². The number of phenolic OH excluding ortho intramolecular Hbond substituents is 1. The number of hydrogen-bond acceptors (Lipinski definition) is 2. The van der Waals surface area contributed by atoms with E-state index in [1.165, 1.54) is 37.8 Å². The monoisotopic (exact) mass is 230 g/mol. The molecular formula is C14H18N2O. The molecule has 0 atom stereocenters. The molecule has 1 aromatic heterocycles. The zero-order chi connectivity index (χ0) is 11.7. The topological polar surface area (TPSA) is 48.9 Å². The highest BCUT2D eigenvalue weighted by Gasteiger charge is 2.16. The Hall–Kier alpha value is -1.51. The molecule has 0 radical (unpaired) electrons. The summed E-state index contributed by atoms with van der Waals surface area (Å²) in [6.45, 7) is 0. The molecule has 1 aromatic carbocycles. The molecule has 0 aliphatic heterocycles. The van der Waals surface area contributed by atoms with Crippen molar-refractivity contribution in [1.29, 1.82) is 0 Å². The summed E-state index contributed by atoms with van der Waals surface area (Å²) >= 11 is 0. The number of aromatic hydroxyl groups is 1. The summed E-state index contributed by atoms with van der Waals surface area (Å²) in [6, 6.07) is 5.42. The first-order chi connectivity index (χ1) is 8.33. The van der Waals surface area contributed by atoms with Crippen molar-refractivity contribution in [3.05, 3.63) is 23.9 Å². The average molecular weight is 230 g/mol. The van der Waals surface area contributed by atoms with Crippen LogP contribution in [0.15, 0.2) is 18.2 Å². The van der Waals surface area contributed by atoms with E-state index in [4.69, 9.17) is 0 Å². The third kappa shape index (κ3) is 2.14. The second-order valence-corrected chi connectivity index (χ2v) is 5.11. The first-order valence-corrected chi connectivity index (χ1v) is 6.49. The second kappa shape index (κ2) is 4.40. The summed E-state index contributed by atoms with van der Waals surface area (Å²) in [5, 5.41) is 18.0. The summed E-state index contributed by atoms with van der Waals surface area (Å²) in [4.78, 5) is 0. The molecular weight excluding hydrogens is 212 g/mol. The molecule has 3 heteroatoms. The highest BCUT2D eigenvalue weighted by Crippen LogP contribution is 2.29. The molecule has 0 bridgehead atoms. The number of nitrogens with one attached hydrogen (secondary N) is 1. The normalized spacial score (nSPS) is 17.6. The minimum Gasteiger partial charge on any atom is -0.508 e. The Kier molecular flexibility index (Phi) is 2.75. The third-order valence-corrected chi connectivity index (χ3v) is 3.84. The standard InChI is InChI=1S/C14H18N2O/c17-11-6-7-12-13(15-16-14(12)9-11)8-10-4-2-1-3-5-10/h6-7,9-10,17H,1-5,8H2,(H,15,16). The first-order valence-electron chi connectivity index (χ1n) is 6.49. The number of phenols is 1. The maximum atomic E-state index is 9.41. The van der Waals surface area contributed by atoms with E-state index in [2.05, 4.69) is 10.2 Å². The Balaban J connectivity index is 1.84. The Labute approximate surface area is 101 Å². The van der Waals surface area contributed by atoms with E-state index < -0.39 is 0 Å². The average Bonchev–Trinajstić information content (AvgIpc) is 2.73. The van der Waals surface area contributed by atoms with E-state index >= 15 is 0 Å². The van der Waals surface area contributed by atoms with E-state index in [1.807, 2.05) is 6.07 Å². The van der Waals surface area contributed by atoms with Crippen molar-refractivity contribution in [2.45, 2.75) is 38.5 Å². The van der Waals surface area contributed by atoms with Gasteiger partial charge >= 0.3 is 0 Å². The van der Waals surface area contributed by atoms with Crippen LogP contribution in [-0.2, 0) is 6.42 Å². The van der Waals surface area contributed by atoms with Crippen LogP contribution in [0.2, 0.25) is 0 Å². The van der Waals surface area contributed by atoms with Gasteiger partial charge in [0.1, 0.15) is 5.75 Å². The summed E-state index contributed by atoms with van der Waals surface area (Å²) in [6.07, 6.45) is 7.93. The van der Waals surface area contributed by atoms with Gasteiger partial charge in [0.15, 0.2) is 0 Å². The van der Waals surface area contributed by atoms with Crippen molar-refractivity contribution >= 4 is 10.9 Å². The molecule has 0 spiro atoms. The summed E-state index contributed by atoms with van der Waals surface area (Å²) < 4.78 is 0. The van der Waals surface area contributed by atoms with Gasteiger partial charge in [-0.2, -0.15) is 5.10 Å². The van der Waals surface area contributed by atoms with Crippen molar-refractivity contribution in [3.8, 4) is 5.75 Å². The van der Waals surface area contributed by atoms with E-state index in [0.717, 1.165) is 23.2 Å². The van der Waals surface area contributed by atoms with E-state index in [9.17, 15) is 5.11 Å². The fourth-order valence-electron chi connectivity index (χ4n) is 2.89. The lowest BCUT2D eigenvalue weighted by Crippen LogP contribution is -2.09. The first kappa shape index (κ1) is 10.6. The molecule has 0 saturated heterocycles. The van der Waals surface area contributed by atoms with Crippen LogP contribution in [-0.4, -0.2) is 15.3 Å². The van der Waals surface area contributed by atoms with E-state index in [0.29, 0.717) is 0 Å². The third-order valence-electron chi connectivity index (χ3n) is 3.84. The molecule has 3 rings (SSSR count). The fourth-order valence-corrected chi connectivity index (χ4v) is 2.89. The largest absolute Gasteiger partial charge is 0.508 e. The predicted molar refractivity (Wildman–Crippen MR) is 68.0 cm³/mol. The molecule has 2 N–H and O–H groups in total. The number of hydrogen-bond donors (Lipinski definition) is 2. The Morgan fingerprint density at radius 2 is 2.06 bits per heavy atom. The van der Waals surface area contributed by atoms with Crippen LogP contribution in [0.3, 0.4) is 0 Å². The number of nitrogens with zero attached hydrogens (tertiary/aromatic N) is 1. The van der Waals surface area contributed by atoms with Gasteiger partial charge in [-0.1, -0.05) is 32.1 Å². The second-order valence-electron chi connectivity index (χ2n) is 5.11. The Morgan fingerprint density at radius 3 is 2.88 bits per heavy atom. The van der Waals surface area contributed by atoms with Crippen LogP contribution < -0.4 is 0 Å². The number of aromatic nitrogens is 2. The van der Waals surface area contributed by atoms with Gasteiger partial charge in [-0.15, -0.1) is 0 Å². The quantitative estimate of drug-likeness (QED) is 0.830. The maximum Gasteiger partial charge on any atom is 0.117 e. The zero-order valence-corrected chi connectivity index (χ0v) is 9.95. The van der Waals surface area contributed by atoms with Crippen LogP contribution >= 0.6 is 0 Å². The molecule has 2 aromatic rings. The molecule has 3 nitrogen and oxygen atoms in total. The fraction of sp³-hybridized carbons (Fsp3) is 0.500. The summed E-state index contributed by atoms with van der Waals surface area (Å²) in [7, 11) is 0. The lowest BCUT2D eigenvalue weighted by atomic mass is 9.86. The summed E-state index contributed by atoms with van der Waals surface area (Å²) in [5.74, 6) is 1.09. The highest BCUT2D eigenvalue weighted by molar-refractivity contribution is 5.82. The van der Waals surface area contributed by atoms with Crippen LogP contribution in [0.1, 0.15) is 37.8 Å². The minimum atomic E-state index is 0.285. The molecule has 1 heterocycles. The number of benzene rings is 1. The van der Waals surface area contributed by atoms with Gasteiger partial charge in [0, 0.05) is 17.1 Å². The van der Waals surface area contributed by atoms with Gasteiger partial charge in [-0.25, -0.2) is 0 Å². The molecule has 0 unspecified atom stereocenters. The molecule has 1 fully saturated rings. The van der Waals surface area contributed by atoms with E-state index in [-0.39, 0.29) is 5.75 Å². The molecule has 90 valence electrons. The zero-order valence-electron chi connectivity index (χ0n) is 9.95. The molecule has 1 aliphatic rings. The van der Waals surface area contributed by atoms with Crippen LogP contribution in [0, 0.1) is 5.92 Å². The van der Waals surface area contributed by atoms with Gasteiger partial charge < -0.3 is 5.11 Å². The predicted octanol–water partition coefficient (Wildman–Crippen LogP) is 3.39. The highest BCUT2D eigenvalue weighted by atomic mass is 16.3. The minimum absolute atomic E-state index is 0.285. The van der Waals surface area contributed by atoms with Crippen molar-refractivity contribution in [1.82, 2.24) is 10.2 Å². The Bertz CT molecular complexity index is 512. The number of aromatic amines is 1. The van der Waals surface area contributed by atoms with Crippen molar-refractivity contribution < 1.29 is 5.11 Å². The molecule has 1 aliphatic carbocycles. The lowest BCUT2D eigenvalue weighted by molar-refractivity contribution is 0.355. The van der Waals surface area contributed by atoms with Crippen LogP contribution in [0.5, 0.6) is 5.75 Å². The lowest BCUT2D eigenvalue weighted by Gasteiger charge is -2.20. The number of fused-ring (bicyclic) bond motifs is 1. The van der Waals surface area contributed by atoms with Gasteiger partial charge in [0.05, 0.1) is 5.52 Å². The van der Waals surface area contributed by atoms with Gasteiger partial charge in [0.25, 0.3) is 0 Å². The van der Waals surface area contributed by atoms with Gasteiger partial charge in [0.2, 0.25) is 0 Å². The van der Waals surface area contributed by atoms with Crippen LogP contribution in [0.4, 0.5) is 0 Å². The number of H-pyrrole nitrogens is 1. The molecule has 0 amide bonds.